The highest BCUT2D eigenvalue weighted by atomic mass is 35.5. The molecule has 3 rings (SSSR count). The Labute approximate surface area is 145 Å². The molecule has 0 radical (unpaired) electrons. The maximum Gasteiger partial charge on any atom is 0.316 e. The second-order valence-corrected chi connectivity index (χ2v) is 6.16. The summed E-state index contributed by atoms with van der Waals surface area (Å²) < 4.78 is 10.8. The molecule has 1 atom stereocenters. The van der Waals surface area contributed by atoms with E-state index in [0.29, 0.717) is 22.7 Å². The molecule has 0 unspecified atom stereocenters. The van der Waals surface area contributed by atoms with Crippen LogP contribution in [0.15, 0.2) is 30.6 Å². The molecule has 0 spiro atoms. The van der Waals surface area contributed by atoms with Crippen molar-refractivity contribution in [2.24, 2.45) is 0 Å². The summed E-state index contributed by atoms with van der Waals surface area (Å²) in [4.78, 5) is 10.6. The predicted octanol–water partition coefficient (Wildman–Crippen LogP) is 3.37. The lowest BCUT2D eigenvalue weighted by Gasteiger charge is -2.33. The summed E-state index contributed by atoms with van der Waals surface area (Å²) in [5.41, 5.74) is 2.08. The molecule has 2 heterocycles. The molecule has 1 aliphatic rings. The van der Waals surface area contributed by atoms with Crippen LogP contribution in [0.1, 0.15) is 17.2 Å². The van der Waals surface area contributed by atoms with E-state index in [0.717, 1.165) is 30.8 Å². The van der Waals surface area contributed by atoms with Crippen LogP contribution in [0, 0.1) is 0 Å². The fourth-order valence-electron chi connectivity index (χ4n) is 2.55. The van der Waals surface area contributed by atoms with Gasteiger partial charge >= 0.3 is 6.01 Å². The Kier molecular flexibility index (Phi) is 5.33. The topological polar surface area (TPSA) is 47.5 Å². The molecule has 2 aromatic rings. The normalized spacial score (nSPS) is 18.8. The van der Waals surface area contributed by atoms with E-state index in [2.05, 4.69) is 14.9 Å². The summed E-state index contributed by atoms with van der Waals surface area (Å²) in [7, 11) is 1.55. The largest absolute Gasteiger partial charge is 0.467 e. The molecule has 122 valence electrons. The van der Waals surface area contributed by atoms with Gasteiger partial charge in [0, 0.05) is 37.6 Å². The number of nitrogens with zero attached hydrogens (tertiary/aromatic N) is 3. The molecule has 1 aromatic heterocycles. The van der Waals surface area contributed by atoms with Gasteiger partial charge < -0.3 is 9.47 Å². The highest BCUT2D eigenvalue weighted by molar-refractivity contribution is 6.42. The van der Waals surface area contributed by atoms with Crippen LogP contribution in [-0.4, -0.2) is 41.7 Å². The van der Waals surface area contributed by atoms with E-state index in [1.807, 2.05) is 12.1 Å². The van der Waals surface area contributed by atoms with Crippen molar-refractivity contribution in [2.75, 3.05) is 26.8 Å². The van der Waals surface area contributed by atoms with E-state index in [9.17, 15) is 0 Å². The van der Waals surface area contributed by atoms with E-state index >= 15 is 0 Å². The van der Waals surface area contributed by atoms with Crippen LogP contribution in [0.3, 0.4) is 0 Å². The monoisotopic (exact) mass is 353 g/mol. The van der Waals surface area contributed by atoms with Crippen LogP contribution in [0.2, 0.25) is 10.0 Å². The molecule has 5 nitrogen and oxygen atoms in total. The van der Waals surface area contributed by atoms with Gasteiger partial charge in [-0.1, -0.05) is 29.3 Å². The van der Waals surface area contributed by atoms with Gasteiger partial charge in [-0.15, -0.1) is 0 Å². The van der Waals surface area contributed by atoms with Crippen molar-refractivity contribution >= 4 is 23.2 Å². The summed E-state index contributed by atoms with van der Waals surface area (Å²) in [6.07, 6.45) is 3.56. The zero-order valence-electron chi connectivity index (χ0n) is 12.7. The molecule has 0 bridgehead atoms. The van der Waals surface area contributed by atoms with Crippen LogP contribution >= 0.6 is 23.2 Å². The number of rotatable bonds is 4. The van der Waals surface area contributed by atoms with Gasteiger partial charge in [0.25, 0.3) is 0 Å². The van der Waals surface area contributed by atoms with Gasteiger partial charge in [0.2, 0.25) is 0 Å². The fraction of sp³-hybridized carbons (Fsp3) is 0.375. The molecular formula is C16H17Cl2N3O2. The predicted molar refractivity (Wildman–Crippen MR) is 89.0 cm³/mol. The summed E-state index contributed by atoms with van der Waals surface area (Å²) in [6, 6.07) is 6.01. The third-order valence-electron chi connectivity index (χ3n) is 3.74. The van der Waals surface area contributed by atoms with Gasteiger partial charge in [-0.2, -0.15) is 0 Å². The summed E-state index contributed by atoms with van der Waals surface area (Å²) in [5, 5.41) is 1.10. The molecule has 0 N–H and O–H groups in total. The molecule has 1 aromatic carbocycles. The summed E-state index contributed by atoms with van der Waals surface area (Å²) in [6.45, 7) is 3.08. The van der Waals surface area contributed by atoms with Gasteiger partial charge in [-0.05, 0) is 17.7 Å². The zero-order valence-corrected chi connectivity index (χ0v) is 14.2. The highest BCUT2D eigenvalue weighted by Crippen LogP contribution is 2.29. The quantitative estimate of drug-likeness (QED) is 0.843. The maximum atomic E-state index is 6.10. The Bertz CT molecular complexity index is 667. The van der Waals surface area contributed by atoms with Crippen molar-refractivity contribution in [2.45, 2.75) is 12.6 Å². The zero-order chi connectivity index (χ0) is 16.2. The van der Waals surface area contributed by atoms with Crippen molar-refractivity contribution < 1.29 is 9.47 Å². The van der Waals surface area contributed by atoms with E-state index in [1.165, 1.54) is 0 Å². The second-order valence-electron chi connectivity index (χ2n) is 5.35. The Balaban J connectivity index is 1.66. The summed E-state index contributed by atoms with van der Waals surface area (Å²) in [5.74, 6) is 0. The van der Waals surface area contributed by atoms with Crippen molar-refractivity contribution in [3.63, 3.8) is 0 Å². The lowest BCUT2D eigenvalue weighted by molar-refractivity contribution is -0.0329. The first-order valence-electron chi connectivity index (χ1n) is 7.29. The van der Waals surface area contributed by atoms with Gasteiger partial charge in [0.1, 0.15) is 0 Å². The molecule has 23 heavy (non-hydrogen) atoms. The van der Waals surface area contributed by atoms with Crippen molar-refractivity contribution in [1.29, 1.82) is 0 Å². The van der Waals surface area contributed by atoms with Crippen molar-refractivity contribution in [1.82, 2.24) is 14.9 Å². The van der Waals surface area contributed by atoms with Crippen LogP contribution in [0.25, 0.3) is 0 Å². The van der Waals surface area contributed by atoms with Gasteiger partial charge in [0.15, 0.2) is 0 Å². The first kappa shape index (κ1) is 16.5. The summed E-state index contributed by atoms with van der Waals surface area (Å²) >= 11 is 12.1. The minimum absolute atomic E-state index is 0.0160. The molecule has 0 amide bonds. The lowest BCUT2D eigenvalue weighted by Crippen LogP contribution is -2.37. The van der Waals surface area contributed by atoms with Gasteiger partial charge in [0.05, 0.1) is 29.9 Å². The van der Waals surface area contributed by atoms with Gasteiger partial charge in [-0.3, -0.25) is 4.90 Å². The molecule has 1 aliphatic heterocycles. The first-order valence-corrected chi connectivity index (χ1v) is 8.05. The van der Waals surface area contributed by atoms with E-state index in [-0.39, 0.29) is 6.10 Å². The van der Waals surface area contributed by atoms with Crippen LogP contribution in [-0.2, 0) is 11.3 Å². The molecule has 7 heteroatoms. The van der Waals surface area contributed by atoms with E-state index < -0.39 is 0 Å². The molecule has 1 saturated heterocycles. The Morgan fingerprint density at radius 2 is 2.04 bits per heavy atom. The smallest absolute Gasteiger partial charge is 0.316 e. The number of halogens is 2. The highest BCUT2D eigenvalue weighted by Gasteiger charge is 2.22. The Hall–Kier alpha value is -1.40. The second kappa shape index (κ2) is 7.45. The maximum absolute atomic E-state index is 6.10. The SMILES string of the molecule is COc1ncc(CN2CCO[C@@H](c3ccc(Cl)c(Cl)c3)C2)cn1. The number of morpholine rings is 1. The molecular weight excluding hydrogens is 337 g/mol. The minimum atomic E-state index is -0.0160. The number of aromatic nitrogens is 2. The van der Waals surface area contributed by atoms with Crippen LogP contribution in [0.4, 0.5) is 0 Å². The third-order valence-corrected chi connectivity index (χ3v) is 4.48. The molecule has 1 fully saturated rings. The average Bonchev–Trinajstić information content (AvgIpc) is 2.58. The van der Waals surface area contributed by atoms with Gasteiger partial charge in [-0.25, -0.2) is 9.97 Å². The number of ether oxygens (including phenoxy) is 2. The number of hydrogen-bond acceptors (Lipinski definition) is 5. The number of hydrogen-bond donors (Lipinski definition) is 0. The Morgan fingerprint density at radius 3 is 2.74 bits per heavy atom. The first-order chi connectivity index (χ1) is 11.2. The third kappa shape index (κ3) is 4.12. The number of benzene rings is 1. The van der Waals surface area contributed by atoms with Crippen LogP contribution < -0.4 is 4.74 Å². The molecule has 0 aliphatic carbocycles. The standard InChI is InChI=1S/C16H17Cl2N3O2/c1-22-16-19-7-11(8-20-16)9-21-4-5-23-15(10-21)12-2-3-13(17)14(18)6-12/h2-3,6-8,15H,4-5,9-10H2,1H3/t15-/m1/s1. The van der Waals surface area contributed by atoms with Crippen molar-refractivity contribution in [3.8, 4) is 6.01 Å². The van der Waals surface area contributed by atoms with E-state index in [1.54, 1.807) is 25.6 Å². The lowest BCUT2D eigenvalue weighted by atomic mass is 10.1. The number of methoxy groups -OCH3 is 1. The van der Waals surface area contributed by atoms with Crippen molar-refractivity contribution in [3.05, 3.63) is 51.8 Å². The minimum Gasteiger partial charge on any atom is -0.467 e. The Morgan fingerprint density at radius 1 is 1.26 bits per heavy atom. The van der Waals surface area contributed by atoms with E-state index in [4.69, 9.17) is 32.7 Å². The molecule has 0 saturated carbocycles. The average molecular weight is 354 g/mol. The fourth-order valence-corrected chi connectivity index (χ4v) is 2.86. The van der Waals surface area contributed by atoms with Crippen LogP contribution in [0.5, 0.6) is 6.01 Å².